The van der Waals surface area contributed by atoms with E-state index in [1.807, 2.05) is 0 Å². The molecule has 1 aliphatic rings. The van der Waals surface area contributed by atoms with Crippen molar-refractivity contribution in [2.45, 2.75) is 32.0 Å². The van der Waals surface area contributed by atoms with E-state index in [1.165, 1.54) is 31.2 Å². The summed E-state index contributed by atoms with van der Waals surface area (Å²) in [5.74, 6) is -0.652. The number of nitrogens with zero attached hydrogens (tertiary/aromatic N) is 1. The monoisotopic (exact) mass is 414 g/mol. The third kappa shape index (κ3) is 5.77. The first-order chi connectivity index (χ1) is 14.4. The molecule has 9 heteroatoms. The van der Waals surface area contributed by atoms with E-state index in [1.54, 1.807) is 24.3 Å². The minimum absolute atomic E-state index is 0.0973. The predicted octanol–water partition coefficient (Wildman–Crippen LogP) is 3.34. The molecular weight excluding hydrogens is 392 g/mol. The number of anilines is 1. The molecule has 1 aliphatic heterocycles. The van der Waals surface area contributed by atoms with Gasteiger partial charge in [-0.05, 0) is 50.1 Å². The van der Waals surface area contributed by atoms with E-state index in [9.17, 15) is 19.7 Å². The van der Waals surface area contributed by atoms with Gasteiger partial charge < -0.3 is 19.5 Å². The summed E-state index contributed by atoms with van der Waals surface area (Å²) < 4.78 is 16.3. The van der Waals surface area contributed by atoms with Crippen LogP contribution in [-0.2, 0) is 14.3 Å². The Morgan fingerprint density at radius 1 is 1.27 bits per heavy atom. The van der Waals surface area contributed by atoms with Crippen LogP contribution >= 0.6 is 0 Å². The number of hydrogen-bond donors (Lipinski definition) is 1. The van der Waals surface area contributed by atoms with Crippen LogP contribution in [0.5, 0.6) is 5.75 Å². The molecule has 0 aromatic heterocycles. The van der Waals surface area contributed by atoms with Gasteiger partial charge in [0.15, 0.2) is 6.10 Å². The van der Waals surface area contributed by atoms with E-state index in [0.717, 1.165) is 19.4 Å². The van der Waals surface area contributed by atoms with Gasteiger partial charge in [-0.3, -0.25) is 14.9 Å². The van der Waals surface area contributed by atoms with Crippen molar-refractivity contribution in [2.75, 3.05) is 18.5 Å². The second-order valence-corrected chi connectivity index (χ2v) is 6.81. The van der Waals surface area contributed by atoms with Crippen LogP contribution in [0.25, 0.3) is 0 Å². The van der Waals surface area contributed by atoms with Gasteiger partial charge in [-0.15, -0.1) is 0 Å². The number of amides is 1. The fourth-order valence-corrected chi connectivity index (χ4v) is 2.88. The lowest BCUT2D eigenvalue weighted by atomic mass is 10.2. The summed E-state index contributed by atoms with van der Waals surface area (Å²) in [6.45, 7) is 2.63. The van der Waals surface area contributed by atoms with E-state index in [-0.39, 0.29) is 23.0 Å². The zero-order valence-corrected chi connectivity index (χ0v) is 16.4. The fraction of sp³-hybridized carbons (Fsp3) is 0.333. The van der Waals surface area contributed by atoms with Crippen molar-refractivity contribution in [3.8, 4) is 5.75 Å². The molecule has 1 N–H and O–H groups in total. The van der Waals surface area contributed by atoms with Gasteiger partial charge in [-0.1, -0.05) is 6.07 Å². The van der Waals surface area contributed by atoms with Gasteiger partial charge in [-0.25, -0.2) is 4.79 Å². The maximum Gasteiger partial charge on any atom is 0.338 e. The number of nitro groups is 1. The molecule has 30 heavy (non-hydrogen) atoms. The minimum Gasteiger partial charge on any atom is -0.491 e. The van der Waals surface area contributed by atoms with Crippen molar-refractivity contribution in [1.82, 2.24) is 0 Å². The molecule has 0 spiro atoms. The number of carbonyl (C=O) groups excluding carboxylic acids is 2. The first kappa shape index (κ1) is 21.3. The lowest BCUT2D eigenvalue weighted by Gasteiger charge is -2.14. The average molecular weight is 414 g/mol. The summed E-state index contributed by atoms with van der Waals surface area (Å²) in [7, 11) is 0. The zero-order valence-electron chi connectivity index (χ0n) is 16.4. The highest BCUT2D eigenvalue weighted by Gasteiger charge is 2.20. The molecule has 0 aliphatic carbocycles. The van der Waals surface area contributed by atoms with Gasteiger partial charge in [-0.2, -0.15) is 0 Å². The van der Waals surface area contributed by atoms with Gasteiger partial charge in [0, 0.05) is 24.4 Å². The van der Waals surface area contributed by atoms with E-state index < -0.39 is 22.9 Å². The number of esters is 1. The lowest BCUT2D eigenvalue weighted by molar-refractivity contribution is -0.384. The van der Waals surface area contributed by atoms with Crippen LogP contribution < -0.4 is 10.1 Å². The van der Waals surface area contributed by atoms with Gasteiger partial charge >= 0.3 is 5.97 Å². The van der Waals surface area contributed by atoms with Gasteiger partial charge in [0.2, 0.25) is 0 Å². The number of benzene rings is 2. The molecule has 2 aromatic carbocycles. The van der Waals surface area contributed by atoms with E-state index in [2.05, 4.69) is 5.32 Å². The molecular formula is C21H22N2O7. The third-order valence-corrected chi connectivity index (χ3v) is 4.53. The lowest BCUT2D eigenvalue weighted by Crippen LogP contribution is -2.30. The summed E-state index contributed by atoms with van der Waals surface area (Å²) in [5.41, 5.74) is 0.360. The van der Waals surface area contributed by atoms with Crippen LogP contribution in [-0.4, -0.2) is 42.2 Å². The summed E-state index contributed by atoms with van der Waals surface area (Å²) in [4.78, 5) is 34.8. The normalized spacial score (nSPS) is 16.5. The molecule has 1 heterocycles. The van der Waals surface area contributed by atoms with Crippen LogP contribution in [0.4, 0.5) is 11.4 Å². The number of nitrogens with one attached hydrogen (secondary N) is 1. The Morgan fingerprint density at radius 3 is 2.70 bits per heavy atom. The highest BCUT2D eigenvalue weighted by molar-refractivity contribution is 5.97. The third-order valence-electron chi connectivity index (χ3n) is 4.53. The van der Waals surface area contributed by atoms with Gasteiger partial charge in [0.1, 0.15) is 12.4 Å². The van der Waals surface area contributed by atoms with Gasteiger partial charge in [0.25, 0.3) is 11.6 Å². The topological polar surface area (TPSA) is 117 Å². The molecule has 1 fully saturated rings. The molecule has 1 saturated heterocycles. The molecule has 2 aromatic rings. The molecule has 0 bridgehead atoms. The maximum atomic E-state index is 12.3. The van der Waals surface area contributed by atoms with Gasteiger partial charge in [0.05, 0.1) is 16.6 Å². The number of ether oxygens (including phenoxy) is 3. The van der Waals surface area contributed by atoms with Crippen LogP contribution in [0, 0.1) is 10.1 Å². The zero-order chi connectivity index (χ0) is 21.5. The minimum atomic E-state index is -1.09. The van der Waals surface area contributed by atoms with E-state index in [0.29, 0.717) is 12.4 Å². The Hall–Kier alpha value is -3.46. The van der Waals surface area contributed by atoms with Crippen molar-refractivity contribution >= 4 is 23.3 Å². The van der Waals surface area contributed by atoms with Crippen molar-refractivity contribution in [2.24, 2.45) is 0 Å². The maximum absolute atomic E-state index is 12.3. The predicted molar refractivity (Wildman–Crippen MR) is 108 cm³/mol. The number of rotatable bonds is 8. The second kappa shape index (κ2) is 9.84. The molecule has 0 saturated carbocycles. The van der Waals surface area contributed by atoms with Crippen LogP contribution in [0.2, 0.25) is 0 Å². The van der Waals surface area contributed by atoms with Crippen molar-refractivity contribution < 1.29 is 28.7 Å². The van der Waals surface area contributed by atoms with Crippen molar-refractivity contribution in [3.63, 3.8) is 0 Å². The Balaban J connectivity index is 1.51. The van der Waals surface area contributed by atoms with Crippen molar-refractivity contribution in [3.05, 3.63) is 64.2 Å². The van der Waals surface area contributed by atoms with Crippen LogP contribution in [0.15, 0.2) is 48.5 Å². The first-order valence-corrected chi connectivity index (χ1v) is 9.53. The summed E-state index contributed by atoms with van der Waals surface area (Å²) in [5, 5.41) is 13.3. The molecule has 2 atom stereocenters. The SMILES string of the molecule is CC(OC(=O)c1ccc(OCC2CCCO2)cc1)C(=O)Nc1cccc([N+](=O)[O-])c1. The second-order valence-electron chi connectivity index (χ2n) is 6.81. The Kier molecular flexibility index (Phi) is 6.97. The molecule has 3 rings (SSSR count). The number of hydrogen-bond acceptors (Lipinski definition) is 7. The molecule has 158 valence electrons. The van der Waals surface area contributed by atoms with Crippen LogP contribution in [0.1, 0.15) is 30.1 Å². The highest BCUT2D eigenvalue weighted by Crippen LogP contribution is 2.19. The average Bonchev–Trinajstić information content (AvgIpc) is 3.26. The number of nitro benzene ring substituents is 1. The quantitative estimate of drug-likeness (QED) is 0.400. The first-order valence-electron chi connectivity index (χ1n) is 9.53. The van der Waals surface area contributed by atoms with Crippen LogP contribution in [0.3, 0.4) is 0 Å². The smallest absolute Gasteiger partial charge is 0.338 e. The largest absolute Gasteiger partial charge is 0.491 e. The summed E-state index contributed by atoms with van der Waals surface area (Å²) >= 11 is 0. The molecule has 0 radical (unpaired) electrons. The van der Waals surface area contributed by atoms with E-state index in [4.69, 9.17) is 14.2 Å². The standard InChI is InChI=1S/C21H22N2O7/c1-14(20(24)22-16-4-2-5-17(12-16)23(26)27)30-21(25)15-7-9-18(10-8-15)29-13-19-6-3-11-28-19/h2,4-5,7-10,12,14,19H,3,6,11,13H2,1H3,(H,22,24). The Morgan fingerprint density at radius 2 is 2.03 bits per heavy atom. The molecule has 1 amide bonds. The Bertz CT molecular complexity index is 908. The summed E-state index contributed by atoms with van der Waals surface area (Å²) in [6, 6.07) is 11.9. The number of carbonyl (C=O) groups is 2. The van der Waals surface area contributed by atoms with Crippen molar-refractivity contribution in [1.29, 1.82) is 0 Å². The Labute approximate surface area is 173 Å². The highest BCUT2D eigenvalue weighted by atomic mass is 16.6. The number of non-ortho nitro benzene ring substituents is 1. The van der Waals surface area contributed by atoms with E-state index >= 15 is 0 Å². The fourth-order valence-electron chi connectivity index (χ4n) is 2.88. The molecule has 2 unspecified atom stereocenters. The molecule has 9 nitrogen and oxygen atoms in total. The summed E-state index contributed by atoms with van der Waals surface area (Å²) in [6.07, 6.45) is 1.01.